The Labute approximate surface area is 78.3 Å². The summed E-state index contributed by atoms with van der Waals surface area (Å²) in [4.78, 5) is 2.32. The Morgan fingerprint density at radius 2 is 2.31 bits per heavy atom. The zero-order valence-electron chi connectivity index (χ0n) is 8.01. The maximum Gasteiger partial charge on any atom is 0.150 e. The van der Waals surface area contributed by atoms with Gasteiger partial charge in [-0.2, -0.15) is 5.10 Å². The Kier molecular flexibility index (Phi) is 2.49. The van der Waals surface area contributed by atoms with Crippen molar-refractivity contribution < 1.29 is 0 Å². The summed E-state index contributed by atoms with van der Waals surface area (Å²) in [5, 5.41) is 10.6. The molecule has 13 heavy (non-hydrogen) atoms. The van der Waals surface area contributed by atoms with E-state index in [-0.39, 0.29) is 0 Å². The molecule has 0 amide bonds. The number of H-pyrrole nitrogens is 1. The Hall–Kier alpha value is -1.03. The van der Waals surface area contributed by atoms with Crippen LogP contribution in [0.3, 0.4) is 0 Å². The fourth-order valence-corrected chi connectivity index (χ4v) is 1.64. The van der Waals surface area contributed by atoms with E-state index in [0.29, 0.717) is 0 Å². The maximum absolute atomic E-state index is 4.25. The van der Waals surface area contributed by atoms with Crippen molar-refractivity contribution >= 4 is 5.82 Å². The summed E-state index contributed by atoms with van der Waals surface area (Å²) in [5.41, 5.74) is 1.13. The Morgan fingerprint density at radius 3 is 3.08 bits per heavy atom. The number of aromatic nitrogens is 2. The van der Waals surface area contributed by atoms with E-state index >= 15 is 0 Å². The van der Waals surface area contributed by atoms with Crippen LogP contribution >= 0.6 is 0 Å². The molecule has 1 aliphatic rings. The third kappa shape index (κ3) is 2.01. The molecule has 0 atom stereocenters. The van der Waals surface area contributed by atoms with Crippen molar-refractivity contribution in [2.24, 2.45) is 0 Å². The first-order valence-electron chi connectivity index (χ1n) is 4.84. The molecule has 1 aromatic heterocycles. The van der Waals surface area contributed by atoms with Crippen molar-refractivity contribution in [2.75, 3.05) is 31.1 Å². The molecule has 0 spiro atoms. The number of hydrogen-bond donors (Lipinski definition) is 2. The molecular formula is C9H16N4. The van der Waals surface area contributed by atoms with Crippen LogP contribution in [0.5, 0.6) is 0 Å². The highest BCUT2D eigenvalue weighted by Crippen LogP contribution is 2.12. The van der Waals surface area contributed by atoms with Gasteiger partial charge in [0.2, 0.25) is 0 Å². The number of hydrogen-bond acceptors (Lipinski definition) is 3. The van der Waals surface area contributed by atoms with Crippen LogP contribution in [0.15, 0.2) is 6.07 Å². The monoisotopic (exact) mass is 180 g/mol. The molecule has 0 unspecified atom stereocenters. The van der Waals surface area contributed by atoms with Crippen LogP contribution < -0.4 is 10.2 Å². The topological polar surface area (TPSA) is 44.0 Å². The van der Waals surface area contributed by atoms with Crippen LogP contribution in [0.25, 0.3) is 0 Å². The summed E-state index contributed by atoms with van der Waals surface area (Å²) < 4.78 is 0. The lowest BCUT2D eigenvalue weighted by atomic mass is 10.4. The van der Waals surface area contributed by atoms with Gasteiger partial charge in [-0.1, -0.05) is 0 Å². The molecule has 72 valence electrons. The van der Waals surface area contributed by atoms with E-state index < -0.39 is 0 Å². The van der Waals surface area contributed by atoms with E-state index in [9.17, 15) is 0 Å². The van der Waals surface area contributed by atoms with Crippen molar-refractivity contribution in [3.05, 3.63) is 11.8 Å². The smallest absolute Gasteiger partial charge is 0.150 e. The molecule has 1 aliphatic heterocycles. The van der Waals surface area contributed by atoms with Gasteiger partial charge >= 0.3 is 0 Å². The summed E-state index contributed by atoms with van der Waals surface area (Å²) in [6.07, 6.45) is 1.20. The maximum atomic E-state index is 4.25. The number of nitrogens with one attached hydrogen (secondary N) is 2. The van der Waals surface area contributed by atoms with Crippen molar-refractivity contribution in [1.29, 1.82) is 0 Å². The van der Waals surface area contributed by atoms with Crippen LogP contribution in [0.2, 0.25) is 0 Å². The normalized spacial score (nSPS) is 18.7. The van der Waals surface area contributed by atoms with E-state index in [1.807, 2.05) is 6.92 Å². The molecule has 2 heterocycles. The highest BCUT2D eigenvalue weighted by Gasteiger charge is 2.11. The number of nitrogens with zero attached hydrogens (tertiary/aromatic N) is 2. The molecule has 2 rings (SSSR count). The summed E-state index contributed by atoms with van der Waals surface area (Å²) in [6.45, 7) is 6.39. The third-order valence-corrected chi connectivity index (χ3v) is 2.36. The van der Waals surface area contributed by atoms with Gasteiger partial charge in [-0.15, -0.1) is 0 Å². The average Bonchev–Trinajstić information content (AvgIpc) is 2.43. The van der Waals surface area contributed by atoms with Crippen molar-refractivity contribution in [3.8, 4) is 0 Å². The average molecular weight is 180 g/mol. The fraction of sp³-hybridized carbons (Fsp3) is 0.667. The first-order valence-corrected chi connectivity index (χ1v) is 4.84. The SMILES string of the molecule is Cc1cc(N2CCCNCC2)n[nH]1. The second kappa shape index (κ2) is 3.79. The van der Waals surface area contributed by atoms with Crippen LogP contribution in [-0.2, 0) is 0 Å². The summed E-state index contributed by atoms with van der Waals surface area (Å²) in [6, 6.07) is 2.10. The molecule has 2 N–H and O–H groups in total. The van der Waals surface area contributed by atoms with Gasteiger partial charge in [0.05, 0.1) is 0 Å². The minimum atomic E-state index is 1.06. The van der Waals surface area contributed by atoms with Gasteiger partial charge < -0.3 is 10.2 Å². The van der Waals surface area contributed by atoms with Crippen LogP contribution in [-0.4, -0.2) is 36.4 Å². The minimum absolute atomic E-state index is 1.06. The minimum Gasteiger partial charge on any atom is -0.354 e. The Bertz CT molecular complexity index is 260. The number of anilines is 1. The molecule has 0 aromatic carbocycles. The quantitative estimate of drug-likeness (QED) is 0.662. The predicted octanol–water partition coefficient (Wildman–Crippen LogP) is 0.518. The molecule has 1 fully saturated rings. The molecule has 0 radical (unpaired) electrons. The fourth-order valence-electron chi connectivity index (χ4n) is 1.64. The van der Waals surface area contributed by atoms with E-state index in [0.717, 1.165) is 37.7 Å². The molecule has 0 saturated carbocycles. The lowest BCUT2D eigenvalue weighted by molar-refractivity contribution is 0.724. The highest BCUT2D eigenvalue weighted by atomic mass is 15.3. The number of aromatic amines is 1. The lowest BCUT2D eigenvalue weighted by Gasteiger charge is -2.18. The third-order valence-electron chi connectivity index (χ3n) is 2.36. The standard InChI is InChI=1S/C9H16N4/c1-8-7-9(12-11-8)13-5-2-3-10-4-6-13/h7,10H,2-6H2,1H3,(H,11,12). The van der Waals surface area contributed by atoms with E-state index in [4.69, 9.17) is 0 Å². The lowest BCUT2D eigenvalue weighted by Crippen LogP contribution is -2.28. The zero-order valence-corrected chi connectivity index (χ0v) is 8.01. The molecule has 0 aliphatic carbocycles. The summed E-state index contributed by atoms with van der Waals surface area (Å²) in [7, 11) is 0. The summed E-state index contributed by atoms with van der Waals surface area (Å²) in [5.74, 6) is 1.08. The second-order valence-corrected chi connectivity index (χ2v) is 3.50. The Balaban J connectivity index is 2.06. The Morgan fingerprint density at radius 1 is 1.38 bits per heavy atom. The highest BCUT2D eigenvalue weighted by molar-refractivity contribution is 5.39. The molecule has 4 heteroatoms. The second-order valence-electron chi connectivity index (χ2n) is 3.50. The summed E-state index contributed by atoms with van der Waals surface area (Å²) >= 11 is 0. The van der Waals surface area contributed by atoms with Gasteiger partial charge in [0.15, 0.2) is 5.82 Å². The van der Waals surface area contributed by atoms with Gasteiger partial charge in [-0.25, -0.2) is 0 Å². The van der Waals surface area contributed by atoms with Gasteiger partial charge in [-0.05, 0) is 19.9 Å². The zero-order chi connectivity index (χ0) is 9.10. The van der Waals surface area contributed by atoms with E-state index in [2.05, 4.69) is 26.5 Å². The molecule has 0 bridgehead atoms. The van der Waals surface area contributed by atoms with Crippen molar-refractivity contribution in [1.82, 2.24) is 15.5 Å². The van der Waals surface area contributed by atoms with Crippen LogP contribution in [0.4, 0.5) is 5.82 Å². The van der Waals surface area contributed by atoms with E-state index in [1.54, 1.807) is 0 Å². The van der Waals surface area contributed by atoms with Gasteiger partial charge in [0, 0.05) is 31.4 Å². The van der Waals surface area contributed by atoms with Gasteiger partial charge in [0.1, 0.15) is 0 Å². The molecule has 1 saturated heterocycles. The van der Waals surface area contributed by atoms with Crippen LogP contribution in [0, 0.1) is 6.92 Å². The first kappa shape index (κ1) is 8.56. The number of aryl methyl sites for hydroxylation is 1. The van der Waals surface area contributed by atoms with Gasteiger partial charge in [0.25, 0.3) is 0 Å². The predicted molar refractivity (Wildman–Crippen MR) is 53.0 cm³/mol. The molecule has 1 aromatic rings. The van der Waals surface area contributed by atoms with Crippen molar-refractivity contribution in [2.45, 2.75) is 13.3 Å². The van der Waals surface area contributed by atoms with E-state index in [1.165, 1.54) is 6.42 Å². The first-order chi connectivity index (χ1) is 6.36. The van der Waals surface area contributed by atoms with Crippen molar-refractivity contribution in [3.63, 3.8) is 0 Å². The van der Waals surface area contributed by atoms with Gasteiger partial charge in [-0.3, -0.25) is 5.10 Å². The van der Waals surface area contributed by atoms with Crippen LogP contribution in [0.1, 0.15) is 12.1 Å². The number of rotatable bonds is 1. The molecule has 4 nitrogen and oxygen atoms in total. The largest absolute Gasteiger partial charge is 0.354 e. The molecular weight excluding hydrogens is 164 g/mol.